The Hall–Kier alpha value is -2.56. The van der Waals surface area contributed by atoms with Crippen LogP contribution >= 0.6 is 11.6 Å². The summed E-state index contributed by atoms with van der Waals surface area (Å²) in [5.41, 5.74) is 3.20. The van der Waals surface area contributed by atoms with E-state index < -0.39 is 0 Å². The number of hydrogen-bond acceptors (Lipinski definition) is 3. The third-order valence-electron chi connectivity index (χ3n) is 4.11. The summed E-state index contributed by atoms with van der Waals surface area (Å²) in [6.45, 7) is 4.66. The molecular formula is C22H24ClN2O2+. The third-order valence-corrected chi connectivity index (χ3v) is 4.48. The second-order valence-electron chi connectivity index (χ2n) is 6.11. The number of nitrogens with zero attached hydrogens (tertiary/aromatic N) is 1. The van der Waals surface area contributed by atoms with E-state index in [9.17, 15) is 0 Å². The van der Waals surface area contributed by atoms with E-state index in [0.29, 0.717) is 18.2 Å². The third kappa shape index (κ3) is 5.71. The van der Waals surface area contributed by atoms with Gasteiger partial charge in [0.15, 0.2) is 11.5 Å². The average molecular weight is 384 g/mol. The minimum atomic E-state index is 0.408. The molecule has 2 aromatic carbocycles. The largest absolute Gasteiger partial charge is 0.490 e. The van der Waals surface area contributed by atoms with Crippen molar-refractivity contribution in [3.8, 4) is 11.5 Å². The molecule has 0 aliphatic carbocycles. The number of nitrogens with two attached hydrogens (primary N) is 1. The maximum Gasteiger partial charge on any atom is 0.161 e. The van der Waals surface area contributed by atoms with Gasteiger partial charge in [0, 0.05) is 22.3 Å². The zero-order chi connectivity index (χ0) is 18.9. The molecule has 0 spiro atoms. The molecule has 2 N–H and O–H groups in total. The SMILES string of the molecule is CCOc1cc(C[NH2+]Cc2ccccn2)ccc1OCc1ccccc1Cl. The van der Waals surface area contributed by atoms with Crippen LogP contribution in [0.3, 0.4) is 0 Å². The highest BCUT2D eigenvalue weighted by atomic mass is 35.5. The van der Waals surface area contributed by atoms with Gasteiger partial charge >= 0.3 is 0 Å². The van der Waals surface area contributed by atoms with E-state index >= 15 is 0 Å². The van der Waals surface area contributed by atoms with Crippen molar-refractivity contribution in [1.29, 1.82) is 0 Å². The minimum Gasteiger partial charge on any atom is -0.490 e. The summed E-state index contributed by atoms with van der Waals surface area (Å²) in [5, 5.41) is 2.92. The van der Waals surface area contributed by atoms with Gasteiger partial charge in [0.1, 0.15) is 19.7 Å². The second-order valence-corrected chi connectivity index (χ2v) is 6.52. The Morgan fingerprint density at radius 1 is 0.926 bits per heavy atom. The molecule has 5 heteroatoms. The van der Waals surface area contributed by atoms with E-state index in [2.05, 4.69) is 16.4 Å². The molecule has 0 aliphatic rings. The fraction of sp³-hybridized carbons (Fsp3) is 0.227. The normalized spacial score (nSPS) is 10.6. The molecule has 0 fully saturated rings. The Kier molecular flexibility index (Phi) is 7.08. The molecule has 1 aromatic heterocycles. The summed E-state index contributed by atoms with van der Waals surface area (Å²) in [4.78, 5) is 4.34. The standard InChI is InChI=1S/C22H23ClN2O2/c1-2-26-22-13-17(14-24-15-19-8-5-6-12-25-19)10-11-21(22)27-16-18-7-3-4-9-20(18)23/h3-13,24H,2,14-16H2,1H3/p+1. The van der Waals surface area contributed by atoms with Crippen LogP contribution in [0.5, 0.6) is 11.5 Å². The van der Waals surface area contributed by atoms with Crippen LogP contribution in [-0.2, 0) is 19.7 Å². The van der Waals surface area contributed by atoms with Crippen molar-refractivity contribution in [1.82, 2.24) is 4.98 Å². The molecule has 1 heterocycles. The maximum atomic E-state index is 6.20. The number of rotatable bonds is 9. The average Bonchev–Trinajstić information content (AvgIpc) is 2.69. The van der Waals surface area contributed by atoms with Gasteiger partial charge in [-0.15, -0.1) is 0 Å². The first-order chi connectivity index (χ1) is 13.3. The van der Waals surface area contributed by atoms with E-state index in [-0.39, 0.29) is 0 Å². The second kappa shape index (κ2) is 9.95. The van der Waals surface area contributed by atoms with Crippen LogP contribution < -0.4 is 14.8 Å². The van der Waals surface area contributed by atoms with Gasteiger partial charge in [0.05, 0.1) is 12.3 Å². The first kappa shape index (κ1) is 19.2. The number of aromatic nitrogens is 1. The molecular weight excluding hydrogens is 360 g/mol. The van der Waals surface area contributed by atoms with Crippen LogP contribution in [0.25, 0.3) is 0 Å². The number of benzene rings is 2. The van der Waals surface area contributed by atoms with Gasteiger partial charge < -0.3 is 14.8 Å². The lowest BCUT2D eigenvalue weighted by molar-refractivity contribution is -0.686. The number of ether oxygens (including phenoxy) is 2. The minimum absolute atomic E-state index is 0.408. The van der Waals surface area contributed by atoms with Crippen molar-refractivity contribution in [3.63, 3.8) is 0 Å². The van der Waals surface area contributed by atoms with E-state index in [1.54, 1.807) is 0 Å². The van der Waals surface area contributed by atoms with Crippen molar-refractivity contribution in [2.24, 2.45) is 0 Å². The monoisotopic (exact) mass is 383 g/mol. The Bertz CT molecular complexity index is 856. The van der Waals surface area contributed by atoms with Gasteiger partial charge in [0.25, 0.3) is 0 Å². The Labute approximate surface area is 165 Å². The van der Waals surface area contributed by atoms with Gasteiger partial charge in [-0.25, -0.2) is 0 Å². The molecule has 3 rings (SSSR count). The van der Waals surface area contributed by atoms with Crippen LogP contribution in [0.4, 0.5) is 0 Å². The molecule has 3 aromatic rings. The summed E-state index contributed by atoms with van der Waals surface area (Å²) >= 11 is 6.20. The molecule has 0 atom stereocenters. The van der Waals surface area contributed by atoms with Crippen molar-refractivity contribution < 1.29 is 14.8 Å². The van der Waals surface area contributed by atoms with E-state index in [1.165, 1.54) is 5.56 Å². The van der Waals surface area contributed by atoms with Gasteiger partial charge in [0.2, 0.25) is 0 Å². The number of halogens is 1. The van der Waals surface area contributed by atoms with E-state index in [4.69, 9.17) is 21.1 Å². The topological polar surface area (TPSA) is 48.0 Å². The predicted molar refractivity (Wildman–Crippen MR) is 107 cm³/mol. The van der Waals surface area contributed by atoms with Crippen molar-refractivity contribution >= 4 is 11.6 Å². The first-order valence-corrected chi connectivity index (χ1v) is 9.47. The summed E-state index contributed by atoms with van der Waals surface area (Å²) in [5.74, 6) is 1.48. The lowest BCUT2D eigenvalue weighted by Crippen LogP contribution is -2.80. The van der Waals surface area contributed by atoms with Crippen molar-refractivity contribution in [3.05, 3.63) is 88.7 Å². The molecule has 140 valence electrons. The highest BCUT2D eigenvalue weighted by Gasteiger charge is 2.09. The highest BCUT2D eigenvalue weighted by Crippen LogP contribution is 2.29. The van der Waals surface area contributed by atoms with E-state index in [1.807, 2.05) is 67.7 Å². The zero-order valence-corrected chi connectivity index (χ0v) is 16.2. The Morgan fingerprint density at radius 3 is 2.56 bits per heavy atom. The molecule has 0 radical (unpaired) electrons. The fourth-order valence-electron chi connectivity index (χ4n) is 2.74. The molecule has 0 amide bonds. The number of pyridine rings is 1. The van der Waals surface area contributed by atoms with Crippen molar-refractivity contribution in [2.75, 3.05) is 6.61 Å². The molecule has 0 bridgehead atoms. The van der Waals surface area contributed by atoms with Crippen LogP contribution in [0, 0.1) is 0 Å². The van der Waals surface area contributed by atoms with Gasteiger partial charge in [-0.3, -0.25) is 4.98 Å². The van der Waals surface area contributed by atoms with E-state index in [0.717, 1.165) is 35.8 Å². The molecule has 0 saturated heterocycles. The lowest BCUT2D eigenvalue weighted by Gasteiger charge is -2.14. The lowest BCUT2D eigenvalue weighted by atomic mass is 10.2. The first-order valence-electron chi connectivity index (χ1n) is 9.09. The molecule has 27 heavy (non-hydrogen) atoms. The number of quaternary nitrogens is 1. The molecule has 0 aliphatic heterocycles. The maximum absolute atomic E-state index is 6.20. The summed E-state index contributed by atoms with van der Waals surface area (Å²) in [6.07, 6.45) is 1.82. The van der Waals surface area contributed by atoms with Crippen LogP contribution in [-0.4, -0.2) is 11.6 Å². The van der Waals surface area contributed by atoms with Crippen molar-refractivity contribution in [2.45, 2.75) is 26.6 Å². The fourth-order valence-corrected chi connectivity index (χ4v) is 2.93. The smallest absolute Gasteiger partial charge is 0.161 e. The van der Waals surface area contributed by atoms with Gasteiger partial charge in [-0.05, 0) is 43.3 Å². The Balaban J connectivity index is 1.62. The van der Waals surface area contributed by atoms with Crippen LogP contribution in [0.1, 0.15) is 23.7 Å². The molecule has 0 saturated carbocycles. The summed E-state index contributed by atoms with van der Waals surface area (Å²) < 4.78 is 11.7. The molecule has 0 unspecified atom stereocenters. The van der Waals surface area contributed by atoms with Crippen LogP contribution in [0.2, 0.25) is 5.02 Å². The van der Waals surface area contributed by atoms with Gasteiger partial charge in [-0.2, -0.15) is 0 Å². The molecule has 4 nitrogen and oxygen atoms in total. The summed E-state index contributed by atoms with van der Waals surface area (Å²) in [7, 11) is 0. The van der Waals surface area contributed by atoms with Gasteiger partial charge in [-0.1, -0.05) is 35.9 Å². The quantitative estimate of drug-likeness (QED) is 0.608. The highest BCUT2D eigenvalue weighted by molar-refractivity contribution is 6.31. The summed E-state index contributed by atoms with van der Waals surface area (Å²) in [6, 6.07) is 19.7. The Morgan fingerprint density at radius 2 is 1.78 bits per heavy atom. The van der Waals surface area contributed by atoms with Crippen LogP contribution in [0.15, 0.2) is 66.9 Å². The predicted octanol–water partition coefficient (Wildman–Crippen LogP) is 3.98. The number of hydrogen-bond donors (Lipinski definition) is 1. The zero-order valence-electron chi connectivity index (χ0n) is 15.4.